The SMILES string of the molecule is N#Cc1ccc(COc2ccc(Br)cc2CCl)c(F)c1. The summed E-state index contributed by atoms with van der Waals surface area (Å²) in [5, 5.41) is 8.69. The molecule has 0 fully saturated rings. The summed E-state index contributed by atoms with van der Waals surface area (Å²) in [5.74, 6) is 0.477. The first-order valence-corrected chi connectivity index (χ1v) is 7.12. The molecule has 0 aromatic heterocycles. The maximum Gasteiger partial charge on any atom is 0.131 e. The van der Waals surface area contributed by atoms with Crippen LogP contribution in [0.2, 0.25) is 0 Å². The minimum atomic E-state index is -0.450. The Kier molecular flexibility index (Phi) is 4.99. The summed E-state index contributed by atoms with van der Waals surface area (Å²) in [5.41, 5.74) is 1.51. The lowest BCUT2D eigenvalue weighted by Crippen LogP contribution is -2.00. The van der Waals surface area contributed by atoms with Crippen molar-refractivity contribution in [2.24, 2.45) is 0 Å². The monoisotopic (exact) mass is 353 g/mol. The number of rotatable bonds is 4. The van der Waals surface area contributed by atoms with Crippen LogP contribution in [-0.4, -0.2) is 0 Å². The molecular formula is C15H10BrClFNO. The van der Waals surface area contributed by atoms with E-state index in [0.717, 1.165) is 10.0 Å². The van der Waals surface area contributed by atoms with E-state index in [0.29, 0.717) is 17.2 Å². The first-order valence-electron chi connectivity index (χ1n) is 5.79. The molecule has 5 heteroatoms. The van der Waals surface area contributed by atoms with Crippen molar-refractivity contribution in [1.82, 2.24) is 0 Å². The number of ether oxygens (including phenoxy) is 1. The molecule has 0 aliphatic heterocycles. The Morgan fingerprint density at radius 1 is 1.20 bits per heavy atom. The Bertz CT molecular complexity index is 669. The van der Waals surface area contributed by atoms with Crippen LogP contribution in [0.15, 0.2) is 40.9 Å². The number of nitrogens with zero attached hydrogens (tertiary/aromatic N) is 1. The summed E-state index contributed by atoms with van der Waals surface area (Å²) in [4.78, 5) is 0. The van der Waals surface area contributed by atoms with Gasteiger partial charge < -0.3 is 4.74 Å². The second kappa shape index (κ2) is 6.74. The fourth-order valence-corrected chi connectivity index (χ4v) is 2.30. The van der Waals surface area contributed by atoms with Crippen LogP contribution >= 0.6 is 27.5 Å². The van der Waals surface area contributed by atoms with Crippen LogP contribution in [0.1, 0.15) is 16.7 Å². The average molecular weight is 355 g/mol. The molecule has 2 aromatic rings. The summed E-state index contributed by atoms with van der Waals surface area (Å²) in [6.07, 6.45) is 0. The van der Waals surface area contributed by atoms with Crippen LogP contribution in [0.5, 0.6) is 5.75 Å². The largest absolute Gasteiger partial charge is 0.488 e. The molecule has 0 unspecified atom stereocenters. The Balaban J connectivity index is 2.15. The van der Waals surface area contributed by atoms with E-state index in [2.05, 4.69) is 15.9 Å². The van der Waals surface area contributed by atoms with Gasteiger partial charge in [-0.3, -0.25) is 0 Å². The number of alkyl halides is 1. The number of benzene rings is 2. The number of hydrogen-bond acceptors (Lipinski definition) is 2. The zero-order valence-corrected chi connectivity index (χ0v) is 12.7. The smallest absolute Gasteiger partial charge is 0.131 e. The summed E-state index contributed by atoms with van der Waals surface area (Å²) < 4.78 is 20.2. The fourth-order valence-electron chi connectivity index (χ4n) is 1.68. The van der Waals surface area contributed by atoms with E-state index in [4.69, 9.17) is 21.6 Å². The highest BCUT2D eigenvalue weighted by Crippen LogP contribution is 2.26. The van der Waals surface area contributed by atoms with Gasteiger partial charge in [0, 0.05) is 15.6 Å². The quantitative estimate of drug-likeness (QED) is 0.740. The molecule has 0 aliphatic rings. The molecule has 0 amide bonds. The molecule has 0 N–H and O–H groups in total. The van der Waals surface area contributed by atoms with Gasteiger partial charge in [-0.1, -0.05) is 22.0 Å². The molecule has 102 valence electrons. The van der Waals surface area contributed by atoms with Crippen molar-refractivity contribution in [3.8, 4) is 11.8 Å². The maximum atomic E-state index is 13.7. The first kappa shape index (κ1) is 14.8. The molecule has 2 nitrogen and oxygen atoms in total. The van der Waals surface area contributed by atoms with Gasteiger partial charge in [0.2, 0.25) is 0 Å². The van der Waals surface area contributed by atoms with Crippen LogP contribution in [0, 0.1) is 17.1 Å². The Hall–Kier alpha value is -1.57. The van der Waals surface area contributed by atoms with Crippen molar-refractivity contribution >= 4 is 27.5 Å². The van der Waals surface area contributed by atoms with Crippen molar-refractivity contribution < 1.29 is 9.13 Å². The molecular weight excluding hydrogens is 345 g/mol. The van der Waals surface area contributed by atoms with Gasteiger partial charge in [-0.2, -0.15) is 5.26 Å². The van der Waals surface area contributed by atoms with Gasteiger partial charge in [-0.15, -0.1) is 11.6 Å². The minimum absolute atomic E-state index is 0.0864. The van der Waals surface area contributed by atoms with Gasteiger partial charge in [0.25, 0.3) is 0 Å². The zero-order chi connectivity index (χ0) is 14.5. The molecule has 0 heterocycles. The molecule has 20 heavy (non-hydrogen) atoms. The highest BCUT2D eigenvalue weighted by atomic mass is 79.9. The van der Waals surface area contributed by atoms with Gasteiger partial charge >= 0.3 is 0 Å². The van der Waals surface area contributed by atoms with Crippen LogP contribution in [0.3, 0.4) is 0 Å². The minimum Gasteiger partial charge on any atom is -0.488 e. The first-order chi connectivity index (χ1) is 9.63. The van der Waals surface area contributed by atoms with Crippen LogP contribution in [0.25, 0.3) is 0 Å². The summed E-state index contributed by atoms with van der Waals surface area (Å²) in [7, 11) is 0. The number of halogens is 3. The maximum absolute atomic E-state index is 13.7. The average Bonchev–Trinajstić information content (AvgIpc) is 2.46. The van der Waals surface area contributed by atoms with E-state index >= 15 is 0 Å². The van der Waals surface area contributed by atoms with Crippen molar-refractivity contribution in [3.05, 3.63) is 63.4 Å². The predicted molar refractivity (Wildman–Crippen MR) is 79.1 cm³/mol. The normalized spacial score (nSPS) is 10.1. The Labute approximate surface area is 129 Å². The number of nitriles is 1. The van der Waals surface area contributed by atoms with Crippen molar-refractivity contribution in [1.29, 1.82) is 5.26 Å². The fraction of sp³-hybridized carbons (Fsp3) is 0.133. The van der Waals surface area contributed by atoms with Gasteiger partial charge in [0.1, 0.15) is 18.2 Å². The summed E-state index contributed by atoms with van der Waals surface area (Å²) >= 11 is 9.20. The Morgan fingerprint density at radius 2 is 2.00 bits per heavy atom. The lowest BCUT2D eigenvalue weighted by Gasteiger charge is -2.11. The van der Waals surface area contributed by atoms with Gasteiger partial charge in [0.15, 0.2) is 0 Å². The third-order valence-electron chi connectivity index (χ3n) is 2.73. The number of hydrogen-bond donors (Lipinski definition) is 0. The lowest BCUT2D eigenvalue weighted by atomic mass is 10.1. The molecule has 2 aromatic carbocycles. The highest BCUT2D eigenvalue weighted by Gasteiger charge is 2.07. The third-order valence-corrected chi connectivity index (χ3v) is 3.51. The Morgan fingerprint density at radius 3 is 2.65 bits per heavy atom. The molecule has 0 radical (unpaired) electrons. The summed E-state index contributed by atoms with van der Waals surface area (Å²) in [6, 6.07) is 11.7. The van der Waals surface area contributed by atoms with Gasteiger partial charge in [0.05, 0.1) is 17.5 Å². The van der Waals surface area contributed by atoms with E-state index in [1.54, 1.807) is 18.2 Å². The highest BCUT2D eigenvalue weighted by molar-refractivity contribution is 9.10. The van der Waals surface area contributed by atoms with E-state index in [-0.39, 0.29) is 12.2 Å². The van der Waals surface area contributed by atoms with Crippen LogP contribution in [-0.2, 0) is 12.5 Å². The van der Waals surface area contributed by atoms with Crippen LogP contribution < -0.4 is 4.74 Å². The van der Waals surface area contributed by atoms with Crippen molar-refractivity contribution in [2.45, 2.75) is 12.5 Å². The molecule has 0 bridgehead atoms. The zero-order valence-electron chi connectivity index (χ0n) is 10.4. The van der Waals surface area contributed by atoms with E-state index < -0.39 is 5.82 Å². The lowest BCUT2D eigenvalue weighted by molar-refractivity contribution is 0.297. The van der Waals surface area contributed by atoms with Crippen LogP contribution in [0.4, 0.5) is 4.39 Å². The molecule has 0 spiro atoms. The molecule has 2 rings (SSSR count). The summed E-state index contributed by atoms with van der Waals surface area (Å²) in [6.45, 7) is 0.0864. The predicted octanol–water partition coefficient (Wildman–Crippen LogP) is 4.78. The topological polar surface area (TPSA) is 33.0 Å². The van der Waals surface area contributed by atoms with Gasteiger partial charge in [-0.05, 0) is 30.3 Å². The standard InChI is InChI=1S/C15H10BrClFNO/c16-13-3-4-15(12(6-13)7-17)20-9-11-2-1-10(8-19)5-14(11)18/h1-6H,7,9H2. The third kappa shape index (κ3) is 3.50. The van der Waals surface area contributed by atoms with Crippen molar-refractivity contribution in [3.63, 3.8) is 0 Å². The second-order valence-electron chi connectivity index (χ2n) is 4.09. The van der Waals surface area contributed by atoms with E-state index in [1.807, 2.05) is 18.2 Å². The second-order valence-corrected chi connectivity index (χ2v) is 5.28. The molecule has 0 aliphatic carbocycles. The molecule has 0 saturated carbocycles. The molecule has 0 atom stereocenters. The van der Waals surface area contributed by atoms with Gasteiger partial charge in [-0.25, -0.2) is 4.39 Å². The van der Waals surface area contributed by atoms with E-state index in [9.17, 15) is 4.39 Å². The van der Waals surface area contributed by atoms with Crippen molar-refractivity contribution in [2.75, 3.05) is 0 Å². The molecule has 0 saturated heterocycles. The van der Waals surface area contributed by atoms with E-state index in [1.165, 1.54) is 6.07 Å².